The van der Waals surface area contributed by atoms with E-state index < -0.39 is 35.4 Å². The van der Waals surface area contributed by atoms with E-state index in [1.54, 1.807) is 90.3 Å². The van der Waals surface area contributed by atoms with Gasteiger partial charge in [0.25, 0.3) is 0 Å². The van der Waals surface area contributed by atoms with Crippen molar-refractivity contribution in [2.75, 3.05) is 11.6 Å². The molecule has 3 aromatic carbocycles. The molecule has 0 aliphatic carbocycles. The van der Waals surface area contributed by atoms with Crippen LogP contribution < -0.4 is 9.75 Å². The van der Waals surface area contributed by atoms with Crippen LogP contribution in [0.5, 0.6) is 5.75 Å². The lowest BCUT2D eigenvalue weighted by Gasteiger charge is -2.39. The first-order valence-corrected chi connectivity index (χ1v) is 16.2. The largest absolute Gasteiger partial charge is 0.494 e. The number of carbonyl (C=O) groups is 4. The summed E-state index contributed by atoms with van der Waals surface area (Å²) in [5, 5.41) is 13.8. The topological polar surface area (TPSA) is 145 Å². The predicted molar refractivity (Wildman–Crippen MR) is 186 cm³/mol. The fourth-order valence-corrected chi connectivity index (χ4v) is 4.81. The first kappa shape index (κ1) is 37.2. The molecule has 4 aromatic rings. The van der Waals surface area contributed by atoms with Crippen LogP contribution in [0.25, 0.3) is 10.8 Å². The summed E-state index contributed by atoms with van der Waals surface area (Å²) < 4.78 is 22.3. The summed E-state index contributed by atoms with van der Waals surface area (Å²) in [6.07, 6.45) is 1.53. The second-order valence-corrected chi connectivity index (χ2v) is 13.4. The molecule has 0 spiro atoms. The van der Waals surface area contributed by atoms with Crippen LogP contribution in [-0.4, -0.2) is 57.0 Å². The highest BCUT2D eigenvalue weighted by Crippen LogP contribution is 2.34. The van der Waals surface area contributed by atoms with Gasteiger partial charge in [0.2, 0.25) is 0 Å². The number of amides is 2. The normalized spacial score (nSPS) is 12.0. The van der Waals surface area contributed by atoms with Gasteiger partial charge in [0.15, 0.2) is 6.04 Å². The number of esters is 1. The highest BCUT2D eigenvalue weighted by Gasteiger charge is 2.42. The van der Waals surface area contributed by atoms with E-state index in [0.29, 0.717) is 22.6 Å². The quantitative estimate of drug-likeness (QED) is 0.0673. The molecular weight excluding hydrogens is 642 g/mol. The van der Waals surface area contributed by atoms with E-state index in [0.717, 1.165) is 16.0 Å². The number of hydrogen-bond donors (Lipinski definition) is 1. The Kier molecular flexibility index (Phi) is 12.0. The number of aliphatic carboxylic acids is 1. The molecule has 0 aliphatic heterocycles. The molecule has 4 rings (SSSR count). The summed E-state index contributed by atoms with van der Waals surface area (Å²) in [4.78, 5) is 57.0. The van der Waals surface area contributed by atoms with Gasteiger partial charge in [0.05, 0.1) is 12.3 Å². The van der Waals surface area contributed by atoms with Crippen molar-refractivity contribution in [2.45, 2.75) is 78.2 Å². The molecule has 12 nitrogen and oxygen atoms in total. The van der Waals surface area contributed by atoms with Crippen molar-refractivity contribution in [1.82, 2.24) is 9.99 Å². The number of rotatable bonds is 12. The third kappa shape index (κ3) is 10.7. The number of pyridine rings is 1. The third-order valence-electron chi connectivity index (χ3n) is 6.95. The summed E-state index contributed by atoms with van der Waals surface area (Å²) in [5.74, 6) is -1.28. The van der Waals surface area contributed by atoms with Crippen molar-refractivity contribution in [2.24, 2.45) is 0 Å². The molecule has 0 fully saturated rings. The maximum absolute atomic E-state index is 13.8. The van der Waals surface area contributed by atoms with Gasteiger partial charge in [-0.3, -0.25) is 14.8 Å². The summed E-state index contributed by atoms with van der Waals surface area (Å²) in [7, 11) is 0. The summed E-state index contributed by atoms with van der Waals surface area (Å²) >= 11 is 0. The molecule has 264 valence electrons. The highest BCUT2D eigenvalue weighted by atomic mass is 16.6. The minimum atomic E-state index is -1.61. The van der Waals surface area contributed by atoms with Crippen molar-refractivity contribution in [3.63, 3.8) is 0 Å². The molecule has 1 aromatic heterocycles. The van der Waals surface area contributed by atoms with Gasteiger partial charge >= 0.3 is 24.1 Å². The number of carboxylic acid groups (broad SMARTS) is 1. The standard InChI is InChI=1S/C38H43N3O9/c1-37(2,3)49-35(45)41(36(46)50-38(4,5)6)40(30-17-14-29-24-39-21-20-28(29)23-30)33(34(43)44)27-15-18-31(19-16-27)47-22-10-13-32(42)48-25-26-11-8-7-9-12-26/h7-9,11-12,14-21,23-24,33H,10,13,22,25H2,1-6H3,(H,43,44). The number of nitrogens with zero attached hydrogens (tertiary/aromatic N) is 3. The number of carbonyl (C=O) groups excluding carboxylic acids is 3. The number of ether oxygens (including phenoxy) is 4. The molecule has 12 heteroatoms. The Morgan fingerprint density at radius 1 is 0.800 bits per heavy atom. The Morgan fingerprint density at radius 3 is 2.04 bits per heavy atom. The minimum absolute atomic E-state index is 0.161. The maximum Gasteiger partial charge on any atom is 0.439 e. The SMILES string of the molecule is CC(C)(C)OC(=O)N(C(=O)OC(C)(C)C)N(c1ccc2cnccc2c1)C(C(=O)O)c1ccc(OCCCC(=O)OCc2ccccc2)cc1. The molecule has 0 bridgehead atoms. The molecule has 0 radical (unpaired) electrons. The lowest BCUT2D eigenvalue weighted by atomic mass is 10.0. The van der Waals surface area contributed by atoms with E-state index in [4.69, 9.17) is 18.9 Å². The van der Waals surface area contributed by atoms with E-state index >= 15 is 0 Å². The molecule has 1 unspecified atom stereocenters. The van der Waals surface area contributed by atoms with Crippen molar-refractivity contribution in [3.8, 4) is 5.75 Å². The summed E-state index contributed by atoms with van der Waals surface area (Å²) in [5.41, 5.74) is -0.745. The van der Waals surface area contributed by atoms with Crippen LogP contribution in [0.3, 0.4) is 0 Å². The van der Waals surface area contributed by atoms with Gasteiger partial charge in [0.1, 0.15) is 23.6 Å². The predicted octanol–water partition coefficient (Wildman–Crippen LogP) is 7.86. The molecule has 0 saturated heterocycles. The molecule has 0 aliphatic rings. The lowest BCUT2D eigenvalue weighted by Crippen LogP contribution is -2.56. The van der Waals surface area contributed by atoms with Crippen LogP contribution in [0, 0.1) is 0 Å². The van der Waals surface area contributed by atoms with Crippen molar-refractivity contribution < 1.29 is 43.2 Å². The Bertz CT molecular complexity index is 1750. The highest BCUT2D eigenvalue weighted by molar-refractivity contribution is 5.94. The summed E-state index contributed by atoms with van der Waals surface area (Å²) in [6, 6.07) is 20.7. The van der Waals surface area contributed by atoms with Crippen LogP contribution in [-0.2, 0) is 30.4 Å². The van der Waals surface area contributed by atoms with Crippen LogP contribution >= 0.6 is 0 Å². The Morgan fingerprint density at radius 2 is 1.44 bits per heavy atom. The lowest BCUT2D eigenvalue weighted by molar-refractivity contribution is -0.145. The number of benzene rings is 3. The molecule has 1 atom stereocenters. The molecular formula is C38H43N3O9. The molecule has 0 saturated carbocycles. The van der Waals surface area contributed by atoms with E-state index in [2.05, 4.69) is 4.98 Å². The zero-order valence-electron chi connectivity index (χ0n) is 29.1. The van der Waals surface area contributed by atoms with Gasteiger partial charge in [-0.2, -0.15) is 0 Å². The van der Waals surface area contributed by atoms with E-state index in [1.807, 2.05) is 30.3 Å². The van der Waals surface area contributed by atoms with Gasteiger partial charge in [0, 0.05) is 24.2 Å². The second kappa shape index (κ2) is 16.2. The number of carboxylic acids is 1. The minimum Gasteiger partial charge on any atom is -0.494 e. The number of hydrogen-bond acceptors (Lipinski definition) is 10. The Balaban J connectivity index is 1.61. The van der Waals surface area contributed by atoms with Crippen LogP contribution in [0.1, 0.15) is 71.6 Å². The number of hydrazine groups is 1. The molecule has 50 heavy (non-hydrogen) atoms. The molecule has 2 amide bonds. The van der Waals surface area contributed by atoms with Crippen molar-refractivity contribution in [3.05, 3.63) is 102 Å². The van der Waals surface area contributed by atoms with E-state index in [1.165, 1.54) is 12.1 Å². The van der Waals surface area contributed by atoms with Crippen LogP contribution in [0.2, 0.25) is 0 Å². The first-order valence-electron chi connectivity index (χ1n) is 16.2. The van der Waals surface area contributed by atoms with Crippen molar-refractivity contribution >= 4 is 40.6 Å². The van der Waals surface area contributed by atoms with Gasteiger partial charge in [-0.25, -0.2) is 14.4 Å². The van der Waals surface area contributed by atoms with Crippen LogP contribution in [0.4, 0.5) is 15.3 Å². The average Bonchev–Trinajstić information content (AvgIpc) is 3.04. The zero-order valence-corrected chi connectivity index (χ0v) is 29.1. The Hall–Kier alpha value is -5.65. The smallest absolute Gasteiger partial charge is 0.439 e. The van der Waals surface area contributed by atoms with Crippen LogP contribution in [0.15, 0.2) is 91.3 Å². The first-order chi connectivity index (χ1) is 23.6. The van der Waals surface area contributed by atoms with Gasteiger partial charge in [-0.1, -0.05) is 48.5 Å². The number of anilines is 1. The number of imide groups is 1. The fourth-order valence-electron chi connectivity index (χ4n) is 4.81. The van der Waals surface area contributed by atoms with Gasteiger partial charge in [-0.15, -0.1) is 5.01 Å². The average molecular weight is 686 g/mol. The molecule has 1 heterocycles. The maximum atomic E-state index is 13.8. The number of aromatic nitrogens is 1. The fraction of sp³-hybridized carbons (Fsp3) is 0.342. The van der Waals surface area contributed by atoms with Gasteiger partial charge < -0.3 is 24.1 Å². The third-order valence-corrected chi connectivity index (χ3v) is 6.95. The zero-order chi connectivity index (χ0) is 36.5. The van der Waals surface area contributed by atoms with E-state index in [9.17, 15) is 24.3 Å². The monoisotopic (exact) mass is 685 g/mol. The van der Waals surface area contributed by atoms with Crippen molar-refractivity contribution in [1.29, 1.82) is 0 Å². The van der Waals surface area contributed by atoms with E-state index in [-0.39, 0.29) is 36.9 Å². The van der Waals surface area contributed by atoms with Gasteiger partial charge in [-0.05, 0) is 94.8 Å². The second-order valence-electron chi connectivity index (χ2n) is 13.4. The molecule has 1 N–H and O–H groups in total. The number of fused-ring (bicyclic) bond motifs is 1. The summed E-state index contributed by atoms with van der Waals surface area (Å²) in [6.45, 7) is 10.2. The Labute approximate surface area is 291 Å².